The molecule has 1 aliphatic heterocycles. The van der Waals surface area contributed by atoms with E-state index >= 15 is 0 Å². The smallest absolute Gasteiger partial charge is 0.201 e. The third-order valence-corrected chi connectivity index (χ3v) is 3.84. The fourth-order valence-electron chi connectivity index (χ4n) is 2.65. The van der Waals surface area contributed by atoms with Gasteiger partial charge in [-0.2, -0.15) is 0 Å². The Morgan fingerprint density at radius 1 is 1.25 bits per heavy atom. The quantitative estimate of drug-likeness (QED) is 0.776. The van der Waals surface area contributed by atoms with Gasteiger partial charge in [0.05, 0.1) is 6.61 Å². The van der Waals surface area contributed by atoms with Crippen LogP contribution in [0.25, 0.3) is 5.57 Å². The minimum absolute atomic E-state index is 0.214. The highest BCUT2D eigenvalue weighted by Gasteiger charge is 2.42. The van der Waals surface area contributed by atoms with Crippen molar-refractivity contribution in [3.8, 4) is 0 Å². The zero-order valence-electron chi connectivity index (χ0n) is 11.0. The fourth-order valence-corrected chi connectivity index (χ4v) is 2.65. The van der Waals surface area contributed by atoms with Crippen molar-refractivity contribution in [1.29, 1.82) is 0 Å². The van der Waals surface area contributed by atoms with Gasteiger partial charge in [-0.25, -0.2) is 18.6 Å². The lowest BCUT2D eigenvalue weighted by Crippen LogP contribution is -2.43. The van der Waals surface area contributed by atoms with Crippen molar-refractivity contribution in [2.24, 2.45) is 0 Å². The molecule has 1 aromatic rings. The van der Waals surface area contributed by atoms with Gasteiger partial charge in [0.15, 0.2) is 0 Å². The maximum Gasteiger partial charge on any atom is 0.201 e. The topological polar surface area (TPSA) is 27.7 Å². The molecule has 108 valence electrons. The van der Waals surface area contributed by atoms with Crippen LogP contribution in [0.3, 0.4) is 0 Å². The Hall–Kier alpha value is -1.30. The maximum atomic E-state index is 13.7. The average molecular weight is 282 g/mol. The summed E-state index contributed by atoms with van der Waals surface area (Å²) in [6.45, 7) is 4.07. The second kappa shape index (κ2) is 5.24. The summed E-state index contributed by atoms with van der Waals surface area (Å²) in [6, 6.07) is 3.35. The van der Waals surface area contributed by atoms with E-state index in [4.69, 9.17) is 14.5 Å². The first-order chi connectivity index (χ1) is 9.60. The molecule has 0 bridgehead atoms. The summed E-state index contributed by atoms with van der Waals surface area (Å²) < 4.78 is 32.4. The molecule has 5 heteroatoms. The van der Waals surface area contributed by atoms with E-state index in [-0.39, 0.29) is 12.2 Å². The number of halogens is 2. The van der Waals surface area contributed by atoms with Crippen LogP contribution in [0.15, 0.2) is 24.8 Å². The number of benzene rings is 1. The van der Waals surface area contributed by atoms with Crippen LogP contribution in [0.5, 0.6) is 0 Å². The van der Waals surface area contributed by atoms with E-state index in [0.29, 0.717) is 5.57 Å². The Morgan fingerprint density at radius 2 is 2.00 bits per heavy atom. The largest absolute Gasteiger partial charge is 0.344 e. The molecule has 20 heavy (non-hydrogen) atoms. The molecule has 3 rings (SSSR count). The van der Waals surface area contributed by atoms with E-state index in [9.17, 15) is 8.78 Å². The predicted molar refractivity (Wildman–Crippen MR) is 68.5 cm³/mol. The van der Waals surface area contributed by atoms with Crippen LogP contribution < -0.4 is 0 Å². The Balaban J connectivity index is 1.69. The van der Waals surface area contributed by atoms with Gasteiger partial charge >= 0.3 is 0 Å². The van der Waals surface area contributed by atoms with E-state index in [2.05, 4.69) is 6.58 Å². The summed E-state index contributed by atoms with van der Waals surface area (Å²) >= 11 is 0. The highest BCUT2D eigenvalue weighted by atomic mass is 19.1. The highest BCUT2D eigenvalue weighted by Crippen LogP contribution is 2.39. The molecule has 1 unspecified atom stereocenters. The van der Waals surface area contributed by atoms with Crippen molar-refractivity contribution in [1.82, 2.24) is 0 Å². The lowest BCUT2D eigenvalue weighted by atomic mass is 10.0. The molecule has 2 fully saturated rings. The minimum atomic E-state index is -0.667. The van der Waals surface area contributed by atoms with Gasteiger partial charge in [0, 0.05) is 24.5 Å². The maximum absolute atomic E-state index is 13.7. The molecule has 3 nitrogen and oxygen atoms in total. The van der Waals surface area contributed by atoms with E-state index < -0.39 is 23.5 Å². The van der Waals surface area contributed by atoms with Crippen molar-refractivity contribution in [3.63, 3.8) is 0 Å². The SMILES string of the molecule is C=C(c1ccc(F)cc1F)C1COC2(CCCC2)OO1. The van der Waals surface area contributed by atoms with Crippen LogP contribution in [0, 0.1) is 11.6 Å². The lowest BCUT2D eigenvalue weighted by Gasteiger charge is -2.36. The van der Waals surface area contributed by atoms with Gasteiger partial charge < -0.3 is 4.74 Å². The van der Waals surface area contributed by atoms with Crippen LogP contribution in [-0.4, -0.2) is 18.5 Å². The first-order valence-corrected chi connectivity index (χ1v) is 6.72. The van der Waals surface area contributed by atoms with Crippen LogP contribution in [0.1, 0.15) is 31.2 Å². The summed E-state index contributed by atoms with van der Waals surface area (Å²) in [4.78, 5) is 10.7. The Morgan fingerprint density at radius 3 is 2.60 bits per heavy atom. The van der Waals surface area contributed by atoms with Crippen LogP contribution in [0.2, 0.25) is 0 Å². The van der Waals surface area contributed by atoms with Crippen molar-refractivity contribution in [2.45, 2.75) is 37.6 Å². The molecule has 1 saturated heterocycles. The van der Waals surface area contributed by atoms with E-state index in [0.717, 1.165) is 31.7 Å². The van der Waals surface area contributed by atoms with Crippen LogP contribution in [0.4, 0.5) is 8.78 Å². The highest BCUT2D eigenvalue weighted by molar-refractivity contribution is 5.67. The van der Waals surface area contributed by atoms with Crippen molar-refractivity contribution in [3.05, 3.63) is 42.0 Å². The first-order valence-electron chi connectivity index (χ1n) is 6.72. The molecule has 1 aromatic carbocycles. The van der Waals surface area contributed by atoms with Crippen molar-refractivity contribution < 1.29 is 23.3 Å². The standard InChI is InChI=1S/C15H16F2O3/c1-10(12-5-4-11(16)8-13(12)17)14-9-18-15(20-19-14)6-2-3-7-15/h4-5,8,14H,1-3,6-7,9H2. The van der Waals surface area contributed by atoms with Gasteiger partial charge in [0.2, 0.25) is 5.79 Å². The Kier molecular flexibility index (Phi) is 3.58. The second-order valence-electron chi connectivity index (χ2n) is 5.25. The number of ether oxygens (including phenoxy) is 1. The van der Waals surface area contributed by atoms with E-state index in [1.807, 2.05) is 0 Å². The summed E-state index contributed by atoms with van der Waals surface area (Å²) in [7, 11) is 0. The van der Waals surface area contributed by atoms with E-state index in [1.54, 1.807) is 0 Å². The Labute approximate surface area is 116 Å². The molecule has 1 aliphatic carbocycles. The van der Waals surface area contributed by atoms with Crippen LogP contribution in [-0.2, 0) is 14.5 Å². The molecular weight excluding hydrogens is 266 g/mol. The summed E-state index contributed by atoms with van der Waals surface area (Å²) in [6.07, 6.45) is 3.11. The summed E-state index contributed by atoms with van der Waals surface area (Å²) in [5, 5.41) is 0. The molecule has 1 spiro atoms. The van der Waals surface area contributed by atoms with Gasteiger partial charge in [0.25, 0.3) is 0 Å². The summed E-state index contributed by atoms with van der Waals surface area (Å²) in [5.41, 5.74) is 0.598. The van der Waals surface area contributed by atoms with Gasteiger partial charge in [-0.05, 0) is 30.5 Å². The molecule has 0 N–H and O–H groups in total. The zero-order chi connectivity index (χ0) is 14.2. The first kappa shape index (κ1) is 13.7. The monoisotopic (exact) mass is 282 g/mol. The zero-order valence-corrected chi connectivity index (χ0v) is 11.0. The van der Waals surface area contributed by atoms with Gasteiger partial charge in [0.1, 0.15) is 17.7 Å². The van der Waals surface area contributed by atoms with Gasteiger partial charge in [-0.15, -0.1) is 0 Å². The Bertz CT molecular complexity index is 514. The molecule has 0 aromatic heterocycles. The normalized spacial score (nSPS) is 25.0. The number of rotatable bonds is 2. The van der Waals surface area contributed by atoms with Crippen LogP contribution >= 0.6 is 0 Å². The molecule has 2 aliphatic rings. The minimum Gasteiger partial charge on any atom is -0.344 e. The van der Waals surface area contributed by atoms with Gasteiger partial charge in [-0.1, -0.05) is 6.58 Å². The average Bonchev–Trinajstić information content (AvgIpc) is 2.87. The summed E-state index contributed by atoms with van der Waals surface area (Å²) in [5.74, 6) is -1.93. The number of hydrogen-bond donors (Lipinski definition) is 0. The lowest BCUT2D eigenvalue weighted by molar-refractivity contribution is -0.475. The number of hydrogen-bond acceptors (Lipinski definition) is 3. The molecule has 1 heterocycles. The third-order valence-electron chi connectivity index (χ3n) is 3.84. The second-order valence-corrected chi connectivity index (χ2v) is 5.25. The molecular formula is C15H16F2O3. The molecule has 1 saturated carbocycles. The third kappa shape index (κ3) is 2.49. The van der Waals surface area contributed by atoms with Crippen molar-refractivity contribution >= 4 is 5.57 Å². The fraction of sp³-hybridized carbons (Fsp3) is 0.467. The van der Waals surface area contributed by atoms with E-state index in [1.165, 1.54) is 12.1 Å². The van der Waals surface area contributed by atoms with Gasteiger partial charge in [-0.3, -0.25) is 0 Å². The van der Waals surface area contributed by atoms with Crippen molar-refractivity contribution in [2.75, 3.05) is 6.61 Å². The molecule has 1 atom stereocenters. The predicted octanol–water partition coefficient (Wildman–Crippen LogP) is 3.60. The molecule has 0 radical (unpaired) electrons. The molecule has 0 amide bonds.